The van der Waals surface area contributed by atoms with Crippen molar-refractivity contribution in [3.05, 3.63) is 28.8 Å². The fourth-order valence-electron chi connectivity index (χ4n) is 1.22. The van der Waals surface area contributed by atoms with Crippen LogP contribution in [0.5, 0.6) is 0 Å². The highest BCUT2D eigenvalue weighted by atomic mass is 32.1. The summed E-state index contributed by atoms with van der Waals surface area (Å²) in [5.74, 6) is 0.758. The Hall–Kier alpha value is -1.49. The summed E-state index contributed by atoms with van der Waals surface area (Å²) in [7, 11) is 1.84. The highest BCUT2D eigenvalue weighted by Crippen LogP contribution is 2.13. The first-order valence-corrected chi connectivity index (χ1v) is 4.63. The predicted molar refractivity (Wildman–Crippen MR) is 56.4 cm³/mol. The van der Waals surface area contributed by atoms with Gasteiger partial charge < -0.3 is 0 Å². The summed E-state index contributed by atoms with van der Waals surface area (Å²) < 4.78 is 2.24. The molecule has 2 aromatic heterocycles. The minimum atomic E-state index is 0.543. The average Bonchev–Trinajstić information content (AvgIpc) is 2.47. The van der Waals surface area contributed by atoms with Gasteiger partial charge in [0.2, 0.25) is 4.77 Å². The lowest BCUT2D eigenvalue weighted by Crippen LogP contribution is -1.90. The molecule has 1 N–H and O–H groups in total. The molecule has 5 heteroatoms. The quantitative estimate of drug-likeness (QED) is 0.724. The Morgan fingerprint density at radius 1 is 1.43 bits per heavy atom. The lowest BCUT2D eigenvalue weighted by Gasteiger charge is -1.96. The van der Waals surface area contributed by atoms with Crippen molar-refractivity contribution < 1.29 is 0 Å². The van der Waals surface area contributed by atoms with Gasteiger partial charge in [-0.15, -0.1) is 0 Å². The summed E-state index contributed by atoms with van der Waals surface area (Å²) in [5, 5.41) is 3.05. The van der Waals surface area contributed by atoms with Gasteiger partial charge in [-0.3, -0.25) is 14.8 Å². The Bertz CT molecular complexity index is 512. The summed E-state index contributed by atoms with van der Waals surface area (Å²) >= 11 is 5.01. The maximum atomic E-state index is 5.01. The highest BCUT2D eigenvalue weighted by molar-refractivity contribution is 7.71. The van der Waals surface area contributed by atoms with Crippen molar-refractivity contribution in [3.8, 4) is 11.4 Å². The number of hydrogen-bond acceptors (Lipinski definition) is 3. The molecule has 0 radical (unpaired) electrons. The van der Waals surface area contributed by atoms with E-state index in [-0.39, 0.29) is 0 Å². The monoisotopic (exact) mass is 206 g/mol. The van der Waals surface area contributed by atoms with E-state index in [1.165, 1.54) is 0 Å². The van der Waals surface area contributed by atoms with E-state index in [1.807, 2.05) is 20.0 Å². The molecule has 0 spiro atoms. The molecule has 0 atom stereocenters. The SMILES string of the molecule is Cc1cncc(-c2nc(=S)n(C)[nH]2)c1. The van der Waals surface area contributed by atoms with Crippen molar-refractivity contribution in [3.63, 3.8) is 0 Å². The van der Waals surface area contributed by atoms with E-state index in [0.717, 1.165) is 17.0 Å². The van der Waals surface area contributed by atoms with Gasteiger partial charge in [0.05, 0.1) is 0 Å². The number of nitrogens with zero attached hydrogens (tertiary/aromatic N) is 3. The molecule has 0 bridgehead atoms. The molecule has 4 nitrogen and oxygen atoms in total. The Labute approximate surface area is 86.6 Å². The van der Waals surface area contributed by atoms with Gasteiger partial charge in [0.25, 0.3) is 0 Å². The second-order valence-electron chi connectivity index (χ2n) is 3.16. The van der Waals surface area contributed by atoms with Gasteiger partial charge in [-0.1, -0.05) is 0 Å². The molecule has 0 saturated heterocycles. The van der Waals surface area contributed by atoms with Crippen LogP contribution in [0.15, 0.2) is 18.5 Å². The third kappa shape index (κ3) is 1.58. The van der Waals surface area contributed by atoms with Gasteiger partial charge in [-0.2, -0.15) is 4.98 Å². The number of pyridine rings is 1. The van der Waals surface area contributed by atoms with Crippen LogP contribution in [0.25, 0.3) is 11.4 Å². The number of aryl methyl sites for hydroxylation is 2. The van der Waals surface area contributed by atoms with E-state index >= 15 is 0 Å². The number of aromatic amines is 1. The van der Waals surface area contributed by atoms with E-state index in [0.29, 0.717) is 4.77 Å². The molecule has 0 fully saturated rings. The first kappa shape index (κ1) is 9.08. The van der Waals surface area contributed by atoms with Crippen LogP contribution in [0, 0.1) is 11.7 Å². The molecule has 0 aliphatic heterocycles. The van der Waals surface area contributed by atoms with Gasteiger partial charge in [0.1, 0.15) is 0 Å². The first-order valence-electron chi connectivity index (χ1n) is 4.22. The molecule has 2 rings (SSSR count). The van der Waals surface area contributed by atoms with E-state index in [2.05, 4.69) is 15.1 Å². The number of aromatic nitrogens is 4. The molecule has 0 aliphatic carbocycles. The third-order valence-corrected chi connectivity index (χ3v) is 2.28. The number of H-pyrrole nitrogens is 1. The minimum absolute atomic E-state index is 0.543. The molecule has 72 valence electrons. The Morgan fingerprint density at radius 3 is 2.79 bits per heavy atom. The van der Waals surface area contributed by atoms with Crippen molar-refractivity contribution in [1.82, 2.24) is 19.7 Å². The van der Waals surface area contributed by atoms with Crippen LogP contribution in [-0.4, -0.2) is 19.7 Å². The predicted octanol–water partition coefficient (Wildman–Crippen LogP) is 1.85. The number of rotatable bonds is 1. The largest absolute Gasteiger partial charge is 0.279 e. The fourth-order valence-corrected chi connectivity index (χ4v) is 1.35. The smallest absolute Gasteiger partial charge is 0.216 e. The second kappa shape index (κ2) is 3.34. The van der Waals surface area contributed by atoms with Crippen LogP contribution >= 0.6 is 12.2 Å². The van der Waals surface area contributed by atoms with E-state index in [1.54, 1.807) is 17.1 Å². The van der Waals surface area contributed by atoms with E-state index in [9.17, 15) is 0 Å². The van der Waals surface area contributed by atoms with Gasteiger partial charge in [0, 0.05) is 25.0 Å². The zero-order chi connectivity index (χ0) is 10.1. The van der Waals surface area contributed by atoms with Crippen LogP contribution in [0.4, 0.5) is 0 Å². The van der Waals surface area contributed by atoms with Gasteiger partial charge in [-0.25, -0.2) is 0 Å². The van der Waals surface area contributed by atoms with Gasteiger partial charge >= 0.3 is 0 Å². The fraction of sp³-hybridized carbons (Fsp3) is 0.222. The normalized spacial score (nSPS) is 10.4. The van der Waals surface area contributed by atoms with Gasteiger partial charge in [0.15, 0.2) is 5.82 Å². The molecule has 2 aromatic rings. The summed E-state index contributed by atoms with van der Waals surface area (Å²) in [4.78, 5) is 8.30. The Kier molecular flexibility index (Phi) is 2.17. The lowest BCUT2D eigenvalue weighted by molar-refractivity contribution is 0.756. The van der Waals surface area contributed by atoms with Crippen LogP contribution < -0.4 is 0 Å². The second-order valence-corrected chi connectivity index (χ2v) is 3.53. The van der Waals surface area contributed by atoms with Crippen molar-refractivity contribution >= 4 is 12.2 Å². The summed E-state index contributed by atoms with van der Waals surface area (Å²) in [5.41, 5.74) is 2.06. The van der Waals surface area contributed by atoms with Crippen LogP contribution in [0.1, 0.15) is 5.56 Å². The van der Waals surface area contributed by atoms with Crippen molar-refractivity contribution in [2.45, 2.75) is 6.92 Å². The summed E-state index contributed by atoms with van der Waals surface area (Å²) in [6.45, 7) is 1.99. The Morgan fingerprint density at radius 2 is 2.21 bits per heavy atom. The van der Waals surface area contributed by atoms with Crippen molar-refractivity contribution in [1.29, 1.82) is 0 Å². The minimum Gasteiger partial charge on any atom is -0.279 e. The summed E-state index contributed by atoms with van der Waals surface area (Å²) in [6.07, 6.45) is 3.57. The average molecular weight is 206 g/mol. The lowest BCUT2D eigenvalue weighted by atomic mass is 10.2. The molecule has 14 heavy (non-hydrogen) atoms. The van der Waals surface area contributed by atoms with Crippen molar-refractivity contribution in [2.24, 2.45) is 7.05 Å². The molecule has 0 aromatic carbocycles. The molecule has 2 heterocycles. The summed E-state index contributed by atoms with van der Waals surface area (Å²) in [6, 6.07) is 2.01. The molecule has 0 amide bonds. The van der Waals surface area contributed by atoms with Crippen LogP contribution in [0.2, 0.25) is 0 Å². The molecule has 0 aliphatic rings. The Balaban J connectivity index is 2.54. The number of nitrogens with one attached hydrogen (secondary N) is 1. The van der Waals surface area contributed by atoms with Crippen LogP contribution in [-0.2, 0) is 7.05 Å². The first-order chi connectivity index (χ1) is 6.66. The topological polar surface area (TPSA) is 46.5 Å². The molecular weight excluding hydrogens is 196 g/mol. The molecular formula is C9H10N4S. The standard InChI is InChI=1S/C9H10N4S/c1-6-3-7(5-10-4-6)8-11-9(14)13(2)12-8/h3-5H,1-2H3,(H,11,12,14). The zero-order valence-electron chi connectivity index (χ0n) is 7.98. The molecule has 0 unspecified atom stereocenters. The zero-order valence-corrected chi connectivity index (χ0v) is 8.80. The van der Waals surface area contributed by atoms with E-state index in [4.69, 9.17) is 12.2 Å². The van der Waals surface area contributed by atoms with E-state index < -0.39 is 0 Å². The number of hydrogen-bond donors (Lipinski definition) is 1. The van der Waals surface area contributed by atoms with Crippen LogP contribution in [0.3, 0.4) is 0 Å². The highest BCUT2D eigenvalue weighted by Gasteiger charge is 2.02. The maximum Gasteiger partial charge on any atom is 0.216 e. The maximum absolute atomic E-state index is 5.01. The van der Waals surface area contributed by atoms with Crippen molar-refractivity contribution in [2.75, 3.05) is 0 Å². The third-order valence-electron chi connectivity index (χ3n) is 1.92. The molecule has 0 saturated carbocycles. The van der Waals surface area contributed by atoms with Gasteiger partial charge in [-0.05, 0) is 30.8 Å².